The normalized spacial score (nSPS) is 11.7. The van der Waals surface area contributed by atoms with Gasteiger partial charge in [-0.3, -0.25) is 5.43 Å². The van der Waals surface area contributed by atoms with Crippen molar-refractivity contribution in [1.82, 2.24) is 14.7 Å². The first kappa shape index (κ1) is 24.8. The summed E-state index contributed by atoms with van der Waals surface area (Å²) in [5.41, 5.74) is 6.92. The third-order valence-electron chi connectivity index (χ3n) is 5.38. The molecule has 0 bridgehead atoms. The highest BCUT2D eigenvalue weighted by atomic mass is 32.2. The molecule has 0 aliphatic carbocycles. The number of nitrogens with one attached hydrogen (secondary N) is 3. The number of rotatable bonds is 9. The molecule has 0 radical (unpaired) electrons. The van der Waals surface area contributed by atoms with Crippen molar-refractivity contribution in [1.29, 1.82) is 0 Å². The maximum absolute atomic E-state index is 12.0. The number of sulfonamides is 1. The Morgan fingerprint density at radius 3 is 2.42 bits per heavy atom. The Hall–Kier alpha value is -4.28. The van der Waals surface area contributed by atoms with Crippen molar-refractivity contribution >= 4 is 33.2 Å². The van der Waals surface area contributed by atoms with Crippen molar-refractivity contribution in [2.75, 3.05) is 24.9 Å². The summed E-state index contributed by atoms with van der Waals surface area (Å²) < 4.78 is 31.7. The van der Waals surface area contributed by atoms with E-state index in [0.717, 1.165) is 22.4 Å². The molecule has 3 aromatic carbocycles. The van der Waals surface area contributed by atoms with Crippen molar-refractivity contribution in [3.8, 4) is 16.9 Å². The minimum atomic E-state index is -3.51. The fraction of sp³-hybridized carbons (Fsp3) is 0.115. The maximum Gasteiger partial charge on any atom is 0.240 e. The number of methoxy groups -OCH3 is 1. The number of hydrogen-bond acceptors (Lipinski definition) is 8. The summed E-state index contributed by atoms with van der Waals surface area (Å²) in [6.45, 7) is 1.82. The van der Waals surface area contributed by atoms with Gasteiger partial charge in [0.25, 0.3) is 0 Å². The van der Waals surface area contributed by atoms with Crippen LogP contribution in [0.1, 0.15) is 12.5 Å². The van der Waals surface area contributed by atoms with Gasteiger partial charge in [0.2, 0.25) is 16.0 Å². The minimum Gasteiger partial charge on any atom is -0.497 e. The third-order valence-corrected chi connectivity index (χ3v) is 6.81. The second-order valence-corrected chi connectivity index (χ2v) is 9.61. The highest BCUT2D eigenvalue weighted by Gasteiger charge is 2.13. The topological polar surface area (TPSA) is 118 Å². The van der Waals surface area contributed by atoms with Crippen molar-refractivity contribution in [2.45, 2.75) is 11.8 Å². The summed E-state index contributed by atoms with van der Waals surface area (Å²) in [5, 5.41) is 7.70. The van der Waals surface area contributed by atoms with Crippen LogP contribution in [0.25, 0.3) is 11.1 Å². The van der Waals surface area contributed by atoms with Crippen LogP contribution < -0.4 is 20.2 Å². The summed E-state index contributed by atoms with van der Waals surface area (Å²) in [6.07, 6.45) is 1.72. The Kier molecular flexibility index (Phi) is 7.57. The lowest BCUT2D eigenvalue weighted by Gasteiger charge is -2.12. The van der Waals surface area contributed by atoms with Crippen LogP contribution in [0, 0.1) is 0 Å². The predicted molar refractivity (Wildman–Crippen MR) is 142 cm³/mol. The molecule has 0 aliphatic rings. The van der Waals surface area contributed by atoms with Gasteiger partial charge in [-0.15, -0.1) is 0 Å². The van der Waals surface area contributed by atoms with Crippen molar-refractivity contribution < 1.29 is 13.2 Å². The number of nitrogens with zero attached hydrogens (tertiary/aromatic N) is 3. The molecule has 0 unspecified atom stereocenters. The number of para-hydroxylation sites is 1. The zero-order chi connectivity index (χ0) is 25.5. The molecule has 0 saturated heterocycles. The number of anilines is 3. The molecule has 0 fully saturated rings. The van der Waals surface area contributed by atoms with E-state index >= 15 is 0 Å². The smallest absolute Gasteiger partial charge is 0.240 e. The van der Waals surface area contributed by atoms with E-state index in [2.05, 4.69) is 30.5 Å². The number of hydrazone groups is 1. The molecular formula is C26H26N6O3S. The highest BCUT2D eigenvalue weighted by molar-refractivity contribution is 7.89. The molecule has 10 heteroatoms. The van der Waals surface area contributed by atoms with Gasteiger partial charge in [0, 0.05) is 17.4 Å². The summed E-state index contributed by atoms with van der Waals surface area (Å²) >= 11 is 0. The molecule has 4 aromatic rings. The Morgan fingerprint density at radius 2 is 1.72 bits per heavy atom. The average molecular weight is 503 g/mol. The largest absolute Gasteiger partial charge is 0.497 e. The lowest BCUT2D eigenvalue weighted by atomic mass is 10.1. The van der Waals surface area contributed by atoms with Crippen LogP contribution in [0.3, 0.4) is 0 Å². The van der Waals surface area contributed by atoms with E-state index in [-0.39, 0.29) is 4.90 Å². The molecule has 0 saturated carbocycles. The first-order valence-corrected chi connectivity index (χ1v) is 12.6. The van der Waals surface area contributed by atoms with Crippen LogP contribution in [0.15, 0.2) is 95.1 Å². The highest BCUT2D eigenvalue weighted by Crippen LogP contribution is 2.30. The summed E-state index contributed by atoms with van der Waals surface area (Å²) in [6, 6.07) is 23.7. The standard InChI is InChI=1S/C26H26N6O3S/c1-18(19-12-14-23(15-13-19)36(33,34)27-2)31-32-25-24(20-8-7-11-22(16-20)35-3)17-28-26(30-25)29-21-9-5-4-6-10-21/h4-17,27H,1-3H3,(H2,28,29,30,32). The van der Waals surface area contributed by atoms with Gasteiger partial charge in [0.1, 0.15) is 5.75 Å². The van der Waals surface area contributed by atoms with Crippen LogP contribution in [0.2, 0.25) is 0 Å². The molecule has 0 atom stereocenters. The van der Waals surface area contributed by atoms with E-state index < -0.39 is 10.0 Å². The van der Waals surface area contributed by atoms with Crippen molar-refractivity contribution in [3.05, 3.63) is 90.6 Å². The molecule has 184 valence electrons. The van der Waals surface area contributed by atoms with Crippen LogP contribution >= 0.6 is 0 Å². The van der Waals surface area contributed by atoms with Gasteiger partial charge in [0.05, 0.1) is 17.7 Å². The Morgan fingerprint density at radius 1 is 0.972 bits per heavy atom. The fourth-order valence-corrected chi connectivity index (χ4v) is 4.10. The molecule has 0 amide bonds. The lowest BCUT2D eigenvalue weighted by Crippen LogP contribution is -2.18. The van der Waals surface area contributed by atoms with E-state index in [1.807, 2.05) is 61.5 Å². The van der Waals surface area contributed by atoms with Crippen LogP contribution in [0.5, 0.6) is 5.75 Å². The van der Waals surface area contributed by atoms with Gasteiger partial charge in [-0.1, -0.05) is 42.5 Å². The molecule has 1 aromatic heterocycles. The number of aromatic nitrogens is 2. The second-order valence-electron chi connectivity index (χ2n) is 7.72. The molecule has 36 heavy (non-hydrogen) atoms. The minimum absolute atomic E-state index is 0.183. The van der Waals surface area contributed by atoms with Crippen molar-refractivity contribution in [3.63, 3.8) is 0 Å². The number of ether oxygens (including phenoxy) is 1. The third kappa shape index (κ3) is 5.85. The van der Waals surface area contributed by atoms with Gasteiger partial charge in [-0.05, 0) is 61.5 Å². The first-order valence-electron chi connectivity index (χ1n) is 11.1. The second kappa shape index (κ2) is 11.0. The fourth-order valence-electron chi connectivity index (χ4n) is 3.37. The maximum atomic E-state index is 12.0. The molecule has 9 nitrogen and oxygen atoms in total. The van der Waals surface area contributed by atoms with E-state index in [1.165, 1.54) is 19.2 Å². The van der Waals surface area contributed by atoms with E-state index in [4.69, 9.17) is 4.74 Å². The number of hydrogen-bond donors (Lipinski definition) is 3. The van der Waals surface area contributed by atoms with Crippen LogP contribution in [0.4, 0.5) is 17.5 Å². The SMILES string of the molecule is CNS(=O)(=O)c1ccc(C(C)=NNc2nc(Nc3ccccc3)ncc2-c2cccc(OC)c2)cc1. The molecule has 0 spiro atoms. The van der Waals surface area contributed by atoms with Gasteiger partial charge >= 0.3 is 0 Å². The Labute approximate surface area is 210 Å². The zero-order valence-electron chi connectivity index (χ0n) is 20.1. The van der Waals surface area contributed by atoms with E-state index in [9.17, 15) is 8.42 Å². The summed E-state index contributed by atoms with van der Waals surface area (Å²) in [5.74, 6) is 1.61. The molecule has 3 N–H and O–H groups in total. The Balaban J connectivity index is 1.66. The Bertz CT molecular complexity index is 1470. The van der Waals surface area contributed by atoms with Crippen LogP contribution in [-0.2, 0) is 10.0 Å². The van der Waals surface area contributed by atoms with Crippen LogP contribution in [-0.4, -0.2) is 38.3 Å². The van der Waals surface area contributed by atoms with Gasteiger partial charge in [-0.25, -0.2) is 18.1 Å². The monoisotopic (exact) mass is 502 g/mol. The van der Waals surface area contributed by atoms with Gasteiger partial charge in [0.15, 0.2) is 5.82 Å². The average Bonchev–Trinajstić information content (AvgIpc) is 2.92. The van der Waals surface area contributed by atoms with E-state index in [0.29, 0.717) is 23.2 Å². The zero-order valence-corrected chi connectivity index (χ0v) is 20.9. The molecular weight excluding hydrogens is 476 g/mol. The molecule has 0 aliphatic heterocycles. The lowest BCUT2D eigenvalue weighted by molar-refractivity contribution is 0.415. The van der Waals surface area contributed by atoms with E-state index in [1.54, 1.807) is 25.4 Å². The first-order chi connectivity index (χ1) is 17.4. The molecule has 1 heterocycles. The number of benzene rings is 3. The van der Waals surface area contributed by atoms with Gasteiger partial charge in [-0.2, -0.15) is 10.1 Å². The van der Waals surface area contributed by atoms with Crippen molar-refractivity contribution in [2.24, 2.45) is 5.10 Å². The predicted octanol–water partition coefficient (Wildman–Crippen LogP) is 4.64. The quantitative estimate of drug-likeness (QED) is 0.225. The molecule has 4 rings (SSSR count). The van der Waals surface area contributed by atoms with Gasteiger partial charge < -0.3 is 10.1 Å². The summed E-state index contributed by atoms with van der Waals surface area (Å²) in [7, 11) is -0.517. The summed E-state index contributed by atoms with van der Waals surface area (Å²) in [4.78, 5) is 9.32.